The van der Waals surface area contributed by atoms with Crippen molar-refractivity contribution >= 4 is 15.8 Å². The van der Waals surface area contributed by atoms with E-state index in [-0.39, 0.29) is 10.9 Å². The maximum atomic E-state index is 11.4. The normalized spacial score (nSPS) is 24.2. The van der Waals surface area contributed by atoms with Gasteiger partial charge < -0.3 is 5.73 Å². The molecule has 0 aliphatic carbocycles. The van der Waals surface area contributed by atoms with Crippen LogP contribution in [0.25, 0.3) is 0 Å². The van der Waals surface area contributed by atoms with Crippen LogP contribution in [-0.4, -0.2) is 20.6 Å². The molecule has 1 aliphatic rings. The molecule has 1 aromatic carbocycles. The van der Waals surface area contributed by atoms with Gasteiger partial charge in [-0.25, -0.2) is 13.4 Å². The van der Waals surface area contributed by atoms with Gasteiger partial charge in [0.25, 0.3) is 0 Å². The molecule has 1 aliphatic heterocycles. The Morgan fingerprint density at radius 2 is 2.12 bits per heavy atom. The van der Waals surface area contributed by atoms with Crippen molar-refractivity contribution in [2.24, 2.45) is 16.5 Å². The van der Waals surface area contributed by atoms with Crippen LogP contribution in [0, 0.1) is 0 Å². The molecule has 0 fully saturated rings. The van der Waals surface area contributed by atoms with Crippen molar-refractivity contribution in [3.05, 3.63) is 29.8 Å². The van der Waals surface area contributed by atoms with E-state index < -0.39 is 15.6 Å². The van der Waals surface area contributed by atoms with Crippen molar-refractivity contribution in [2.45, 2.75) is 10.7 Å². The van der Waals surface area contributed by atoms with Crippen molar-refractivity contribution in [3.8, 4) is 0 Å². The minimum Gasteiger partial charge on any atom is -0.369 e. The van der Waals surface area contributed by atoms with Gasteiger partial charge in [-0.1, -0.05) is 12.1 Å². The van der Waals surface area contributed by atoms with Gasteiger partial charge in [0.1, 0.15) is 0 Å². The second-order valence-corrected chi connectivity index (χ2v) is 5.83. The summed E-state index contributed by atoms with van der Waals surface area (Å²) >= 11 is 0. The predicted molar refractivity (Wildman–Crippen MR) is 63.3 cm³/mol. The van der Waals surface area contributed by atoms with Crippen LogP contribution < -0.4 is 22.3 Å². The average molecular weight is 255 g/mol. The van der Waals surface area contributed by atoms with E-state index in [0.29, 0.717) is 5.56 Å². The summed E-state index contributed by atoms with van der Waals surface area (Å²) < 4.78 is 22.9. The monoisotopic (exact) mass is 255 g/mol. The molecule has 0 saturated heterocycles. The SMILES string of the molecule is CS(=O)(=O)c1cccc(C2(N)N=C(N)NN2)c1. The summed E-state index contributed by atoms with van der Waals surface area (Å²) in [5.74, 6) is -1.10. The lowest BCUT2D eigenvalue weighted by atomic mass is 10.1. The number of nitrogens with two attached hydrogens (primary N) is 2. The summed E-state index contributed by atoms with van der Waals surface area (Å²) in [6.45, 7) is 0. The van der Waals surface area contributed by atoms with Crippen LogP contribution in [-0.2, 0) is 15.6 Å². The number of benzene rings is 1. The number of hydrogen-bond acceptors (Lipinski definition) is 7. The van der Waals surface area contributed by atoms with E-state index in [9.17, 15) is 8.42 Å². The van der Waals surface area contributed by atoms with E-state index in [2.05, 4.69) is 15.8 Å². The number of guanidine groups is 1. The van der Waals surface area contributed by atoms with E-state index in [1.807, 2.05) is 0 Å². The first-order valence-corrected chi connectivity index (χ1v) is 6.68. The third-order valence-electron chi connectivity index (χ3n) is 2.38. The molecule has 1 unspecified atom stereocenters. The summed E-state index contributed by atoms with van der Waals surface area (Å²) in [7, 11) is -3.28. The van der Waals surface area contributed by atoms with Crippen LogP contribution in [0.5, 0.6) is 0 Å². The Bertz CT molecular complexity index is 583. The highest BCUT2D eigenvalue weighted by atomic mass is 32.2. The number of hydrogen-bond donors (Lipinski definition) is 4. The molecule has 0 radical (unpaired) electrons. The third kappa shape index (κ3) is 2.23. The predicted octanol–water partition coefficient (Wildman–Crippen LogP) is -1.42. The highest BCUT2D eigenvalue weighted by Crippen LogP contribution is 2.21. The van der Waals surface area contributed by atoms with Crippen molar-refractivity contribution in [1.82, 2.24) is 10.9 Å². The maximum Gasteiger partial charge on any atom is 0.209 e. The van der Waals surface area contributed by atoms with Crippen molar-refractivity contribution < 1.29 is 8.42 Å². The molecule has 0 saturated carbocycles. The minimum absolute atomic E-state index is 0.150. The Hall–Kier alpha value is -1.64. The van der Waals surface area contributed by atoms with Gasteiger partial charge in [-0.3, -0.25) is 11.2 Å². The van der Waals surface area contributed by atoms with E-state index in [4.69, 9.17) is 11.5 Å². The second-order valence-electron chi connectivity index (χ2n) is 3.81. The number of aliphatic imine (C=N–C) groups is 1. The van der Waals surface area contributed by atoms with Crippen LogP contribution in [0.15, 0.2) is 34.2 Å². The molecule has 6 N–H and O–H groups in total. The van der Waals surface area contributed by atoms with E-state index in [1.54, 1.807) is 12.1 Å². The lowest BCUT2D eigenvalue weighted by molar-refractivity contribution is 0.374. The first-order chi connectivity index (χ1) is 7.81. The van der Waals surface area contributed by atoms with Crippen molar-refractivity contribution in [3.63, 3.8) is 0 Å². The van der Waals surface area contributed by atoms with Crippen LogP contribution in [0.3, 0.4) is 0 Å². The number of rotatable bonds is 2. The Morgan fingerprint density at radius 1 is 1.41 bits per heavy atom. The van der Waals surface area contributed by atoms with Crippen LogP contribution in [0.4, 0.5) is 0 Å². The molecule has 0 amide bonds. The molecule has 1 heterocycles. The van der Waals surface area contributed by atoms with Crippen LogP contribution in [0.2, 0.25) is 0 Å². The smallest absolute Gasteiger partial charge is 0.209 e. The standard InChI is InChI=1S/C9H13N5O2S/c1-17(15,16)7-4-2-3-6(5-7)9(11)12-8(10)13-14-9/h2-5,14H,11H2,1H3,(H3,10,12,13). The molecule has 2 rings (SSSR count). The van der Waals surface area contributed by atoms with Crippen LogP contribution in [0.1, 0.15) is 5.56 Å². The summed E-state index contributed by atoms with van der Waals surface area (Å²) in [5, 5.41) is 0. The largest absolute Gasteiger partial charge is 0.369 e. The second kappa shape index (κ2) is 3.69. The van der Waals surface area contributed by atoms with E-state index in [0.717, 1.165) is 6.26 Å². The van der Waals surface area contributed by atoms with Gasteiger partial charge in [0.2, 0.25) is 11.7 Å². The summed E-state index contributed by atoms with van der Waals surface area (Å²) in [4.78, 5) is 4.15. The van der Waals surface area contributed by atoms with Gasteiger partial charge >= 0.3 is 0 Å². The Morgan fingerprint density at radius 3 is 2.65 bits per heavy atom. The molecule has 92 valence electrons. The fourth-order valence-corrected chi connectivity index (χ4v) is 2.17. The molecule has 0 spiro atoms. The molecule has 1 aromatic rings. The van der Waals surface area contributed by atoms with Gasteiger partial charge in [0, 0.05) is 11.8 Å². The van der Waals surface area contributed by atoms with E-state index in [1.165, 1.54) is 12.1 Å². The number of hydrazine groups is 1. The third-order valence-corrected chi connectivity index (χ3v) is 3.49. The van der Waals surface area contributed by atoms with Gasteiger partial charge in [-0.15, -0.1) is 0 Å². The number of nitrogens with zero attached hydrogens (tertiary/aromatic N) is 1. The highest BCUT2D eigenvalue weighted by molar-refractivity contribution is 7.90. The van der Waals surface area contributed by atoms with Crippen molar-refractivity contribution in [2.75, 3.05) is 6.26 Å². The fourth-order valence-electron chi connectivity index (χ4n) is 1.51. The molecular weight excluding hydrogens is 242 g/mol. The molecule has 17 heavy (non-hydrogen) atoms. The molecule has 7 nitrogen and oxygen atoms in total. The molecule has 0 aromatic heterocycles. The summed E-state index contributed by atoms with van der Waals surface area (Å²) in [6.07, 6.45) is 1.13. The fraction of sp³-hybridized carbons (Fsp3) is 0.222. The Labute approximate surface area is 98.8 Å². The molecule has 1 atom stereocenters. The first kappa shape index (κ1) is 11.8. The first-order valence-electron chi connectivity index (χ1n) is 4.79. The molecule has 8 heteroatoms. The zero-order chi connectivity index (χ0) is 12.7. The highest BCUT2D eigenvalue weighted by Gasteiger charge is 2.31. The Balaban J connectivity index is 2.48. The zero-order valence-electron chi connectivity index (χ0n) is 9.14. The maximum absolute atomic E-state index is 11.4. The lowest BCUT2D eigenvalue weighted by Crippen LogP contribution is -2.50. The summed E-state index contributed by atoms with van der Waals surface area (Å²) in [6, 6.07) is 6.24. The van der Waals surface area contributed by atoms with Crippen molar-refractivity contribution in [1.29, 1.82) is 0 Å². The zero-order valence-corrected chi connectivity index (χ0v) is 9.95. The molecular formula is C9H13N5O2S. The molecule has 0 bridgehead atoms. The van der Waals surface area contributed by atoms with Crippen LogP contribution >= 0.6 is 0 Å². The number of nitrogens with one attached hydrogen (secondary N) is 2. The summed E-state index contributed by atoms with van der Waals surface area (Å²) in [5.41, 5.74) is 17.2. The van der Waals surface area contributed by atoms with Gasteiger partial charge in [-0.05, 0) is 12.1 Å². The van der Waals surface area contributed by atoms with Gasteiger partial charge in [0.15, 0.2) is 9.84 Å². The quantitative estimate of drug-likeness (QED) is 0.514. The number of sulfone groups is 1. The average Bonchev–Trinajstić information content (AvgIpc) is 2.59. The van der Waals surface area contributed by atoms with E-state index >= 15 is 0 Å². The topological polar surface area (TPSA) is 123 Å². The van der Waals surface area contributed by atoms with Gasteiger partial charge in [-0.2, -0.15) is 5.43 Å². The Kier molecular flexibility index (Phi) is 2.57. The minimum atomic E-state index is -3.28. The van der Waals surface area contributed by atoms with Gasteiger partial charge in [0.05, 0.1) is 4.90 Å². The lowest BCUT2D eigenvalue weighted by Gasteiger charge is -2.20.